The number of para-hydroxylation sites is 2. The second-order valence-corrected chi connectivity index (χ2v) is 7.25. The zero-order valence-corrected chi connectivity index (χ0v) is 16.6. The van der Waals surface area contributed by atoms with Crippen molar-refractivity contribution in [3.05, 3.63) is 52.5 Å². The van der Waals surface area contributed by atoms with Gasteiger partial charge in [0.05, 0.1) is 16.4 Å². The quantitative estimate of drug-likeness (QED) is 0.731. The largest absolute Gasteiger partial charge is 0.479 e. The predicted octanol–water partition coefficient (Wildman–Crippen LogP) is 5.02. The van der Waals surface area contributed by atoms with Gasteiger partial charge in [0.25, 0.3) is 5.91 Å². The molecule has 0 N–H and O–H groups in total. The number of carbonyl (C=O) groups is 1. The summed E-state index contributed by atoms with van der Waals surface area (Å²) in [6.45, 7) is 7.51. The van der Waals surface area contributed by atoms with Gasteiger partial charge in [-0.25, -0.2) is 0 Å². The molecule has 0 radical (unpaired) electrons. The normalized spacial score (nSPS) is 17.7. The Labute approximate surface area is 164 Å². The van der Waals surface area contributed by atoms with Crippen molar-refractivity contribution in [1.29, 1.82) is 0 Å². The van der Waals surface area contributed by atoms with Crippen molar-refractivity contribution in [1.82, 2.24) is 0 Å². The molecule has 6 heteroatoms. The average Bonchev–Trinajstić information content (AvgIpc) is 2.62. The Morgan fingerprint density at radius 3 is 2.58 bits per heavy atom. The second-order valence-electron chi connectivity index (χ2n) is 6.41. The molecule has 0 aliphatic carbocycles. The van der Waals surface area contributed by atoms with Crippen molar-refractivity contribution in [2.75, 3.05) is 22.9 Å². The van der Waals surface area contributed by atoms with E-state index in [4.69, 9.17) is 27.9 Å². The zero-order valence-electron chi connectivity index (χ0n) is 15.1. The first-order chi connectivity index (χ1) is 12.4. The molecule has 3 rings (SSSR count). The molecule has 2 atom stereocenters. The van der Waals surface area contributed by atoms with Crippen LogP contribution in [0.2, 0.25) is 10.0 Å². The van der Waals surface area contributed by atoms with Crippen LogP contribution in [0.5, 0.6) is 5.75 Å². The van der Waals surface area contributed by atoms with Crippen LogP contribution in [0.3, 0.4) is 0 Å². The number of benzene rings is 2. The lowest BCUT2D eigenvalue weighted by Gasteiger charge is -2.42. The summed E-state index contributed by atoms with van der Waals surface area (Å²) in [5.74, 6) is 0.358. The summed E-state index contributed by atoms with van der Waals surface area (Å²) in [7, 11) is 0. The Bertz CT molecular complexity index is 812. The summed E-state index contributed by atoms with van der Waals surface area (Å²) >= 11 is 12.1. The number of hydrogen-bond donors (Lipinski definition) is 0. The van der Waals surface area contributed by atoms with Gasteiger partial charge in [-0.3, -0.25) is 4.79 Å². The maximum Gasteiger partial charge on any atom is 0.267 e. The molecule has 2 aromatic rings. The van der Waals surface area contributed by atoms with Gasteiger partial charge in [-0.1, -0.05) is 35.3 Å². The van der Waals surface area contributed by atoms with Gasteiger partial charge in [-0.15, -0.1) is 0 Å². The van der Waals surface area contributed by atoms with E-state index in [0.717, 1.165) is 17.9 Å². The van der Waals surface area contributed by atoms with Crippen molar-refractivity contribution in [2.45, 2.75) is 32.9 Å². The molecule has 1 heterocycles. The van der Waals surface area contributed by atoms with E-state index in [0.29, 0.717) is 22.3 Å². The molecule has 1 amide bonds. The summed E-state index contributed by atoms with van der Waals surface area (Å²) in [6, 6.07) is 13.2. The predicted molar refractivity (Wildman–Crippen MR) is 108 cm³/mol. The van der Waals surface area contributed by atoms with Crippen LogP contribution in [-0.2, 0) is 4.79 Å². The molecule has 1 aliphatic heterocycles. The van der Waals surface area contributed by atoms with Gasteiger partial charge in [0.15, 0.2) is 6.10 Å². The van der Waals surface area contributed by atoms with Crippen molar-refractivity contribution in [3.8, 4) is 5.75 Å². The number of likely N-dealkylation sites (N-methyl/N-ethyl adjacent to an activating group) is 1. The Balaban J connectivity index is 1.84. The number of amides is 1. The van der Waals surface area contributed by atoms with E-state index in [1.807, 2.05) is 18.2 Å². The summed E-state index contributed by atoms with van der Waals surface area (Å²) < 4.78 is 5.82. The smallest absolute Gasteiger partial charge is 0.267 e. The van der Waals surface area contributed by atoms with Gasteiger partial charge in [0.2, 0.25) is 0 Å². The number of fused-ring (bicyclic) bond motifs is 1. The van der Waals surface area contributed by atoms with Crippen molar-refractivity contribution in [2.24, 2.45) is 0 Å². The molecular formula is C20H22Cl2N2O2. The molecule has 0 bridgehead atoms. The van der Waals surface area contributed by atoms with Gasteiger partial charge in [0.1, 0.15) is 5.75 Å². The van der Waals surface area contributed by atoms with Crippen LogP contribution in [0.4, 0.5) is 11.4 Å². The van der Waals surface area contributed by atoms with E-state index in [1.165, 1.54) is 0 Å². The maximum atomic E-state index is 13.1. The minimum Gasteiger partial charge on any atom is -0.479 e. The molecule has 1 aliphatic rings. The third-order valence-corrected chi connectivity index (χ3v) is 5.14. The van der Waals surface area contributed by atoms with Crippen molar-refractivity contribution >= 4 is 40.5 Å². The maximum absolute atomic E-state index is 13.1. The fraction of sp³-hybridized carbons (Fsp3) is 0.350. The third-order valence-electron chi connectivity index (χ3n) is 4.61. The van der Waals surface area contributed by atoms with Gasteiger partial charge < -0.3 is 14.5 Å². The van der Waals surface area contributed by atoms with Crippen LogP contribution < -0.4 is 14.5 Å². The van der Waals surface area contributed by atoms with E-state index in [1.54, 1.807) is 30.0 Å². The summed E-state index contributed by atoms with van der Waals surface area (Å²) in [5.41, 5.74) is 1.98. The van der Waals surface area contributed by atoms with Gasteiger partial charge in [0, 0.05) is 24.2 Å². The number of ether oxygens (including phenoxy) is 1. The van der Waals surface area contributed by atoms with Gasteiger partial charge in [-0.2, -0.15) is 0 Å². The zero-order chi connectivity index (χ0) is 18.8. The van der Waals surface area contributed by atoms with E-state index < -0.39 is 6.10 Å². The number of anilines is 2. The standard InChI is InChI=1S/C20H22Cl2N2O2/c1-4-23-13(2)12-24(18-8-6-5-7-17(18)23)20(25)14(3)26-19-10-9-15(21)11-16(19)22/h5-11,13-14H,4,12H2,1-3H3. The summed E-state index contributed by atoms with van der Waals surface area (Å²) in [6.07, 6.45) is -0.665. The fourth-order valence-corrected chi connectivity index (χ4v) is 3.81. The summed E-state index contributed by atoms with van der Waals surface area (Å²) in [4.78, 5) is 17.2. The SMILES string of the molecule is CCN1c2ccccc2N(C(=O)C(C)Oc2ccc(Cl)cc2Cl)CC1C. The Morgan fingerprint density at radius 1 is 1.23 bits per heavy atom. The van der Waals surface area contributed by atoms with Crippen LogP contribution in [0.15, 0.2) is 42.5 Å². The van der Waals surface area contributed by atoms with Crippen LogP contribution in [0.1, 0.15) is 20.8 Å². The monoisotopic (exact) mass is 392 g/mol. The Hall–Kier alpha value is -1.91. The molecule has 4 nitrogen and oxygen atoms in total. The van der Waals surface area contributed by atoms with Crippen LogP contribution in [0.25, 0.3) is 0 Å². The first-order valence-corrected chi connectivity index (χ1v) is 9.46. The van der Waals surface area contributed by atoms with Crippen LogP contribution in [0, 0.1) is 0 Å². The summed E-state index contributed by atoms with van der Waals surface area (Å²) in [5, 5.41) is 0.918. The van der Waals surface area contributed by atoms with E-state index >= 15 is 0 Å². The molecule has 2 aromatic carbocycles. The van der Waals surface area contributed by atoms with Gasteiger partial charge >= 0.3 is 0 Å². The Kier molecular flexibility index (Phi) is 5.64. The number of hydrogen-bond acceptors (Lipinski definition) is 3. The molecule has 2 unspecified atom stereocenters. The average molecular weight is 393 g/mol. The molecule has 0 spiro atoms. The minimum atomic E-state index is -0.665. The van der Waals surface area contributed by atoms with E-state index in [9.17, 15) is 4.79 Å². The van der Waals surface area contributed by atoms with Crippen LogP contribution in [-0.4, -0.2) is 31.1 Å². The highest BCUT2D eigenvalue weighted by molar-refractivity contribution is 6.35. The van der Waals surface area contributed by atoms with Gasteiger partial charge in [-0.05, 0) is 51.1 Å². The molecule has 26 heavy (non-hydrogen) atoms. The number of carbonyl (C=O) groups excluding carboxylic acids is 1. The second kappa shape index (κ2) is 7.77. The van der Waals surface area contributed by atoms with Crippen LogP contribution >= 0.6 is 23.2 Å². The number of halogens is 2. The highest BCUT2D eigenvalue weighted by Gasteiger charge is 2.33. The van der Waals surface area contributed by atoms with Crippen molar-refractivity contribution < 1.29 is 9.53 Å². The van der Waals surface area contributed by atoms with E-state index in [2.05, 4.69) is 24.8 Å². The lowest BCUT2D eigenvalue weighted by Crippen LogP contribution is -2.52. The molecular weight excluding hydrogens is 371 g/mol. The Morgan fingerprint density at radius 2 is 1.92 bits per heavy atom. The molecule has 138 valence electrons. The highest BCUT2D eigenvalue weighted by atomic mass is 35.5. The lowest BCUT2D eigenvalue weighted by atomic mass is 10.1. The highest BCUT2D eigenvalue weighted by Crippen LogP contribution is 2.36. The minimum absolute atomic E-state index is 0.0916. The lowest BCUT2D eigenvalue weighted by molar-refractivity contribution is -0.124. The topological polar surface area (TPSA) is 32.8 Å². The third kappa shape index (κ3) is 3.62. The first-order valence-electron chi connectivity index (χ1n) is 8.71. The number of rotatable bonds is 4. The molecule has 0 saturated heterocycles. The van der Waals surface area contributed by atoms with Crippen molar-refractivity contribution in [3.63, 3.8) is 0 Å². The van der Waals surface area contributed by atoms with E-state index in [-0.39, 0.29) is 11.9 Å². The number of nitrogens with zero attached hydrogens (tertiary/aromatic N) is 2. The first kappa shape index (κ1) is 18.9. The molecule has 0 aromatic heterocycles. The molecule has 0 saturated carbocycles. The molecule has 0 fully saturated rings. The fourth-order valence-electron chi connectivity index (χ4n) is 3.36.